The summed E-state index contributed by atoms with van der Waals surface area (Å²) >= 11 is 0. The number of rotatable bonds is 5. The zero-order chi connectivity index (χ0) is 18.5. The Kier molecular flexibility index (Phi) is 5.65. The van der Waals surface area contributed by atoms with Gasteiger partial charge < -0.3 is 21.1 Å². The molecule has 0 saturated carbocycles. The van der Waals surface area contributed by atoms with Crippen LogP contribution in [0.1, 0.15) is 22.3 Å². The van der Waals surface area contributed by atoms with Crippen LogP contribution in [0.4, 0.5) is 0 Å². The Hall–Kier alpha value is -2.70. The molecule has 1 heterocycles. The maximum atomic E-state index is 12.9. The summed E-state index contributed by atoms with van der Waals surface area (Å²) in [5.74, 6) is -0.495. The van der Waals surface area contributed by atoms with Crippen molar-refractivity contribution in [3.05, 3.63) is 59.7 Å². The Morgan fingerprint density at radius 2 is 1.85 bits per heavy atom. The Balaban J connectivity index is 1.78. The molecule has 1 aliphatic rings. The minimum atomic E-state index is -0.425. The fourth-order valence-corrected chi connectivity index (χ4v) is 3.14. The maximum Gasteiger partial charge on any atom is 0.254 e. The fourth-order valence-electron chi connectivity index (χ4n) is 3.14. The van der Waals surface area contributed by atoms with Crippen molar-refractivity contribution in [3.8, 4) is 11.1 Å². The summed E-state index contributed by atoms with van der Waals surface area (Å²) in [7, 11) is 0. The van der Waals surface area contributed by atoms with Gasteiger partial charge in [-0.25, -0.2) is 0 Å². The Labute approximate surface area is 152 Å². The van der Waals surface area contributed by atoms with E-state index in [1.807, 2.05) is 42.5 Å². The topological polar surface area (TPSA) is 98.7 Å². The molecule has 1 saturated heterocycles. The molecule has 3 rings (SSSR count). The lowest BCUT2D eigenvalue weighted by molar-refractivity contribution is -0.122. The summed E-state index contributed by atoms with van der Waals surface area (Å²) in [5, 5.41) is 0. The van der Waals surface area contributed by atoms with Crippen LogP contribution in [0.5, 0.6) is 0 Å². The molecule has 0 aromatic heterocycles. The molecule has 136 valence electrons. The average Bonchev–Trinajstić information content (AvgIpc) is 2.67. The predicted octanol–water partition coefficient (Wildman–Crippen LogP) is 1.53. The second kappa shape index (κ2) is 8.12. The maximum absolute atomic E-state index is 12.9. The van der Waals surface area contributed by atoms with Crippen LogP contribution in [-0.4, -0.2) is 42.5 Å². The molecule has 2 aromatic carbocycles. The first-order valence-electron chi connectivity index (χ1n) is 8.65. The summed E-state index contributed by atoms with van der Waals surface area (Å²) in [6.45, 7) is 1.75. The summed E-state index contributed by atoms with van der Waals surface area (Å²) in [5.41, 5.74) is 14.6. The number of carbonyl (C=O) groups excluding carboxylic acids is 2. The highest BCUT2D eigenvalue weighted by Crippen LogP contribution is 2.23. The van der Waals surface area contributed by atoms with E-state index in [-0.39, 0.29) is 18.4 Å². The van der Waals surface area contributed by atoms with Crippen molar-refractivity contribution in [2.45, 2.75) is 19.1 Å². The van der Waals surface area contributed by atoms with Crippen LogP contribution in [-0.2, 0) is 16.1 Å². The molecule has 1 atom stereocenters. The third kappa shape index (κ3) is 4.28. The molecule has 4 N–H and O–H groups in total. The van der Waals surface area contributed by atoms with Gasteiger partial charge in [0.25, 0.3) is 5.91 Å². The van der Waals surface area contributed by atoms with Gasteiger partial charge in [-0.2, -0.15) is 0 Å². The van der Waals surface area contributed by atoms with Crippen molar-refractivity contribution >= 4 is 11.8 Å². The highest BCUT2D eigenvalue weighted by Gasteiger charge is 2.26. The number of nitrogens with two attached hydrogens (primary N) is 2. The molecule has 0 spiro atoms. The number of morpholine rings is 1. The molecule has 2 amide bonds. The molecule has 1 unspecified atom stereocenters. The molecule has 26 heavy (non-hydrogen) atoms. The second-order valence-corrected chi connectivity index (χ2v) is 6.40. The van der Waals surface area contributed by atoms with Crippen molar-refractivity contribution in [1.82, 2.24) is 4.90 Å². The molecule has 2 aromatic rings. The minimum Gasteiger partial charge on any atom is -0.374 e. The van der Waals surface area contributed by atoms with Crippen molar-refractivity contribution in [2.24, 2.45) is 11.5 Å². The average molecular weight is 353 g/mol. The monoisotopic (exact) mass is 353 g/mol. The number of benzene rings is 2. The number of nitrogens with zero attached hydrogens (tertiary/aromatic N) is 1. The van der Waals surface area contributed by atoms with Crippen LogP contribution in [0, 0.1) is 0 Å². The van der Waals surface area contributed by atoms with E-state index in [4.69, 9.17) is 16.2 Å². The molecule has 1 aliphatic heterocycles. The molecule has 6 nitrogen and oxygen atoms in total. The standard InChI is InChI=1S/C20H23N3O3/c21-12-14-3-1-4-15(9-14)16-5-2-6-17(10-16)20(25)23-7-8-26-18(13-23)11-19(22)24/h1-6,9-10,18H,7-8,11-13,21H2,(H2,22,24). The van der Waals surface area contributed by atoms with Gasteiger partial charge >= 0.3 is 0 Å². The van der Waals surface area contributed by atoms with Crippen LogP contribution >= 0.6 is 0 Å². The minimum absolute atomic E-state index is 0.0698. The van der Waals surface area contributed by atoms with Gasteiger partial charge in [-0.3, -0.25) is 9.59 Å². The summed E-state index contributed by atoms with van der Waals surface area (Å²) in [6, 6.07) is 15.5. The van der Waals surface area contributed by atoms with E-state index in [0.29, 0.717) is 31.8 Å². The lowest BCUT2D eigenvalue weighted by atomic mass is 10.0. The summed E-state index contributed by atoms with van der Waals surface area (Å²) in [6.07, 6.45) is -0.218. The number of ether oxygens (including phenoxy) is 1. The zero-order valence-corrected chi connectivity index (χ0v) is 14.6. The fraction of sp³-hybridized carbons (Fsp3) is 0.300. The van der Waals surface area contributed by atoms with Gasteiger partial charge in [-0.05, 0) is 34.9 Å². The van der Waals surface area contributed by atoms with Gasteiger partial charge in [-0.1, -0.05) is 30.3 Å². The molecule has 0 aliphatic carbocycles. The third-order valence-corrected chi connectivity index (χ3v) is 4.46. The third-order valence-electron chi connectivity index (χ3n) is 4.46. The quantitative estimate of drug-likeness (QED) is 0.851. The number of carbonyl (C=O) groups is 2. The normalized spacial score (nSPS) is 17.1. The molecule has 6 heteroatoms. The van der Waals surface area contributed by atoms with Crippen LogP contribution in [0.2, 0.25) is 0 Å². The highest BCUT2D eigenvalue weighted by atomic mass is 16.5. The van der Waals surface area contributed by atoms with E-state index >= 15 is 0 Å². The van der Waals surface area contributed by atoms with E-state index in [1.165, 1.54) is 0 Å². The number of hydrogen-bond acceptors (Lipinski definition) is 4. The van der Waals surface area contributed by atoms with E-state index in [2.05, 4.69) is 0 Å². The van der Waals surface area contributed by atoms with Gasteiger partial charge in [0.1, 0.15) is 0 Å². The van der Waals surface area contributed by atoms with E-state index in [0.717, 1.165) is 16.7 Å². The predicted molar refractivity (Wildman–Crippen MR) is 99.2 cm³/mol. The Morgan fingerprint density at radius 1 is 1.12 bits per heavy atom. The van der Waals surface area contributed by atoms with Crippen molar-refractivity contribution < 1.29 is 14.3 Å². The van der Waals surface area contributed by atoms with E-state index in [9.17, 15) is 9.59 Å². The molecule has 0 radical (unpaired) electrons. The Bertz CT molecular complexity index is 806. The van der Waals surface area contributed by atoms with E-state index < -0.39 is 5.91 Å². The SMILES string of the molecule is NCc1cccc(-c2cccc(C(=O)N3CCOC(CC(N)=O)C3)c2)c1. The summed E-state index contributed by atoms with van der Waals surface area (Å²) < 4.78 is 5.52. The van der Waals surface area contributed by atoms with Gasteiger partial charge in [-0.15, -0.1) is 0 Å². The van der Waals surface area contributed by atoms with Gasteiger partial charge in [0.05, 0.1) is 19.1 Å². The smallest absolute Gasteiger partial charge is 0.254 e. The van der Waals surface area contributed by atoms with Gasteiger partial charge in [0, 0.05) is 25.2 Å². The van der Waals surface area contributed by atoms with Crippen molar-refractivity contribution in [1.29, 1.82) is 0 Å². The van der Waals surface area contributed by atoms with Crippen molar-refractivity contribution in [2.75, 3.05) is 19.7 Å². The number of hydrogen-bond donors (Lipinski definition) is 2. The molecule has 0 bridgehead atoms. The van der Waals surface area contributed by atoms with E-state index in [1.54, 1.807) is 11.0 Å². The summed E-state index contributed by atoms with van der Waals surface area (Å²) in [4.78, 5) is 25.7. The van der Waals surface area contributed by atoms with Crippen LogP contribution < -0.4 is 11.5 Å². The van der Waals surface area contributed by atoms with Crippen molar-refractivity contribution in [3.63, 3.8) is 0 Å². The zero-order valence-electron chi connectivity index (χ0n) is 14.6. The lowest BCUT2D eigenvalue weighted by Crippen LogP contribution is -2.46. The first-order valence-corrected chi connectivity index (χ1v) is 8.65. The van der Waals surface area contributed by atoms with Crippen LogP contribution in [0.15, 0.2) is 48.5 Å². The van der Waals surface area contributed by atoms with Gasteiger partial charge in [0.15, 0.2) is 0 Å². The lowest BCUT2D eigenvalue weighted by Gasteiger charge is -2.32. The first kappa shape index (κ1) is 18.1. The molecular formula is C20H23N3O3. The number of amides is 2. The Morgan fingerprint density at radius 3 is 2.58 bits per heavy atom. The largest absolute Gasteiger partial charge is 0.374 e. The van der Waals surface area contributed by atoms with Crippen LogP contribution in [0.3, 0.4) is 0 Å². The first-order chi connectivity index (χ1) is 12.6. The number of primary amides is 1. The second-order valence-electron chi connectivity index (χ2n) is 6.40. The highest BCUT2D eigenvalue weighted by molar-refractivity contribution is 5.95. The van der Waals surface area contributed by atoms with Gasteiger partial charge in [0.2, 0.25) is 5.91 Å². The molecule has 1 fully saturated rings. The van der Waals surface area contributed by atoms with Crippen LogP contribution in [0.25, 0.3) is 11.1 Å². The molecular weight excluding hydrogens is 330 g/mol.